The molecule has 0 aromatic heterocycles. The zero-order valence-corrected chi connectivity index (χ0v) is 23.3. The summed E-state index contributed by atoms with van der Waals surface area (Å²) in [5.41, 5.74) is 7.03. The van der Waals surface area contributed by atoms with Crippen LogP contribution in [0.5, 0.6) is 5.75 Å². The van der Waals surface area contributed by atoms with Crippen LogP contribution in [0.4, 0.5) is 5.69 Å². The third kappa shape index (κ3) is 5.92. The molecule has 3 aromatic carbocycles. The molecule has 0 saturated carbocycles. The molecule has 0 bridgehead atoms. The molecule has 0 radical (unpaired) electrons. The molecule has 202 valence electrons. The normalized spacial score (nSPS) is 19.9. The number of hydrogen-bond donors (Lipinski definition) is 0. The Hall–Kier alpha value is -2.82. The van der Waals surface area contributed by atoms with E-state index in [0.29, 0.717) is 17.8 Å². The summed E-state index contributed by atoms with van der Waals surface area (Å²) in [7, 11) is 3.48. The SMILES string of the molecule is CCCCOc1ccc2c(c1)CC[C@H](c1ccccc1)[C@@H]2c1ccc(N2CCC(C(OC)OC)CC2)cc1. The van der Waals surface area contributed by atoms with Crippen molar-refractivity contribution < 1.29 is 14.2 Å². The van der Waals surface area contributed by atoms with Gasteiger partial charge in [-0.25, -0.2) is 0 Å². The zero-order valence-electron chi connectivity index (χ0n) is 23.3. The van der Waals surface area contributed by atoms with E-state index < -0.39 is 0 Å². The molecule has 2 atom stereocenters. The van der Waals surface area contributed by atoms with Gasteiger partial charge in [0.05, 0.1) is 6.61 Å². The monoisotopic (exact) mass is 513 g/mol. The molecule has 3 aromatic rings. The summed E-state index contributed by atoms with van der Waals surface area (Å²) < 4.78 is 17.1. The van der Waals surface area contributed by atoms with Gasteiger partial charge in [0.15, 0.2) is 6.29 Å². The van der Waals surface area contributed by atoms with Crippen molar-refractivity contribution in [2.24, 2.45) is 5.92 Å². The van der Waals surface area contributed by atoms with Crippen molar-refractivity contribution in [3.63, 3.8) is 0 Å². The number of benzene rings is 3. The number of aryl methyl sites for hydroxylation is 1. The maximum Gasteiger partial charge on any atom is 0.159 e. The van der Waals surface area contributed by atoms with Crippen LogP contribution in [-0.2, 0) is 15.9 Å². The van der Waals surface area contributed by atoms with Crippen LogP contribution in [0.25, 0.3) is 0 Å². The van der Waals surface area contributed by atoms with E-state index in [9.17, 15) is 0 Å². The Balaban J connectivity index is 1.38. The van der Waals surface area contributed by atoms with Gasteiger partial charge in [0.1, 0.15) is 5.75 Å². The fourth-order valence-corrected chi connectivity index (χ4v) is 6.50. The van der Waals surface area contributed by atoms with E-state index in [-0.39, 0.29) is 6.29 Å². The summed E-state index contributed by atoms with van der Waals surface area (Å²) in [5, 5.41) is 0. The van der Waals surface area contributed by atoms with Crippen LogP contribution in [0.3, 0.4) is 0 Å². The number of ether oxygens (including phenoxy) is 3. The smallest absolute Gasteiger partial charge is 0.159 e. The Kier molecular flexibility index (Phi) is 9.03. The summed E-state index contributed by atoms with van der Waals surface area (Å²) in [5.74, 6) is 2.28. The predicted octanol–water partition coefficient (Wildman–Crippen LogP) is 7.56. The lowest BCUT2D eigenvalue weighted by Crippen LogP contribution is -2.39. The molecule has 38 heavy (non-hydrogen) atoms. The zero-order chi connectivity index (χ0) is 26.3. The number of rotatable bonds is 10. The molecule has 1 fully saturated rings. The standard InChI is InChI=1S/C34H43NO3/c1-4-5-23-38-30-16-18-32-28(24-30)13-17-31(25-9-7-6-8-10-25)33(32)26-11-14-29(15-12-26)35-21-19-27(20-22-35)34(36-2)37-3/h6-12,14-16,18,24,27,31,33-34H,4-5,13,17,19-23H2,1-3H3/t31-,33+/m1/s1. The topological polar surface area (TPSA) is 30.9 Å². The summed E-state index contributed by atoms with van der Waals surface area (Å²) in [4.78, 5) is 2.51. The molecular formula is C34H43NO3. The van der Waals surface area contributed by atoms with Gasteiger partial charge in [0.2, 0.25) is 0 Å². The lowest BCUT2D eigenvalue weighted by atomic mass is 9.69. The number of unbranched alkanes of at least 4 members (excludes halogenated alkanes) is 1. The molecule has 5 rings (SSSR count). The first kappa shape index (κ1) is 26.8. The highest BCUT2D eigenvalue weighted by molar-refractivity contribution is 5.52. The number of methoxy groups -OCH3 is 2. The Labute approximate surface area is 228 Å². The predicted molar refractivity (Wildman–Crippen MR) is 155 cm³/mol. The number of fused-ring (bicyclic) bond motifs is 1. The van der Waals surface area contributed by atoms with Crippen molar-refractivity contribution in [1.82, 2.24) is 0 Å². The molecule has 1 heterocycles. The highest BCUT2D eigenvalue weighted by Gasteiger charge is 2.32. The van der Waals surface area contributed by atoms with Gasteiger partial charge in [-0.1, -0.05) is 61.9 Å². The second-order valence-corrected chi connectivity index (χ2v) is 10.9. The van der Waals surface area contributed by atoms with Gasteiger partial charge in [-0.2, -0.15) is 0 Å². The van der Waals surface area contributed by atoms with E-state index in [4.69, 9.17) is 14.2 Å². The molecular weight excluding hydrogens is 470 g/mol. The van der Waals surface area contributed by atoms with Crippen molar-refractivity contribution >= 4 is 5.69 Å². The van der Waals surface area contributed by atoms with Crippen LogP contribution >= 0.6 is 0 Å². The molecule has 2 aliphatic rings. The van der Waals surface area contributed by atoms with E-state index >= 15 is 0 Å². The highest BCUT2D eigenvalue weighted by Crippen LogP contribution is 2.47. The first-order valence-electron chi connectivity index (χ1n) is 14.4. The van der Waals surface area contributed by atoms with Crippen LogP contribution in [0.1, 0.15) is 73.1 Å². The van der Waals surface area contributed by atoms with Gasteiger partial charge in [-0.05, 0) is 84.5 Å². The van der Waals surface area contributed by atoms with Gasteiger partial charge in [0, 0.05) is 44.8 Å². The van der Waals surface area contributed by atoms with E-state index in [2.05, 4.69) is 84.6 Å². The average molecular weight is 514 g/mol. The van der Waals surface area contributed by atoms with Crippen LogP contribution < -0.4 is 9.64 Å². The third-order valence-corrected chi connectivity index (χ3v) is 8.58. The van der Waals surface area contributed by atoms with E-state index in [0.717, 1.165) is 64.0 Å². The molecule has 0 spiro atoms. The van der Waals surface area contributed by atoms with Gasteiger partial charge >= 0.3 is 0 Å². The van der Waals surface area contributed by atoms with E-state index in [1.807, 2.05) is 0 Å². The molecule has 0 unspecified atom stereocenters. The minimum Gasteiger partial charge on any atom is -0.494 e. The van der Waals surface area contributed by atoms with Crippen molar-refractivity contribution in [2.45, 2.75) is 63.6 Å². The first-order chi connectivity index (χ1) is 18.7. The first-order valence-corrected chi connectivity index (χ1v) is 14.4. The Morgan fingerprint density at radius 2 is 1.58 bits per heavy atom. The van der Waals surface area contributed by atoms with Crippen LogP contribution in [0.2, 0.25) is 0 Å². The maximum absolute atomic E-state index is 6.06. The summed E-state index contributed by atoms with van der Waals surface area (Å²) >= 11 is 0. The molecule has 0 amide bonds. The number of anilines is 1. The molecule has 4 heteroatoms. The van der Waals surface area contributed by atoms with Crippen molar-refractivity contribution in [3.8, 4) is 5.75 Å². The molecule has 0 N–H and O–H groups in total. The number of piperidine rings is 1. The third-order valence-electron chi connectivity index (χ3n) is 8.58. The van der Waals surface area contributed by atoms with Crippen LogP contribution in [0.15, 0.2) is 72.8 Å². The van der Waals surface area contributed by atoms with Gasteiger partial charge in [-0.15, -0.1) is 0 Å². The summed E-state index contributed by atoms with van der Waals surface area (Å²) in [6.07, 6.45) is 6.56. The average Bonchev–Trinajstić information content (AvgIpc) is 2.98. The highest BCUT2D eigenvalue weighted by atomic mass is 16.7. The van der Waals surface area contributed by atoms with E-state index in [1.54, 1.807) is 14.2 Å². The Morgan fingerprint density at radius 1 is 0.842 bits per heavy atom. The molecule has 1 aliphatic carbocycles. The van der Waals surface area contributed by atoms with E-state index in [1.165, 1.54) is 27.9 Å². The molecule has 1 saturated heterocycles. The largest absolute Gasteiger partial charge is 0.494 e. The lowest BCUT2D eigenvalue weighted by molar-refractivity contribution is -0.141. The lowest BCUT2D eigenvalue weighted by Gasteiger charge is -2.37. The van der Waals surface area contributed by atoms with Gasteiger partial charge in [0.25, 0.3) is 0 Å². The van der Waals surface area contributed by atoms with Crippen LogP contribution in [0, 0.1) is 5.92 Å². The summed E-state index contributed by atoms with van der Waals surface area (Å²) in [6.45, 7) is 5.07. The minimum absolute atomic E-state index is 0.0987. The van der Waals surface area contributed by atoms with Gasteiger partial charge < -0.3 is 19.1 Å². The quantitative estimate of drug-likeness (QED) is 0.207. The molecule has 1 aliphatic heterocycles. The van der Waals surface area contributed by atoms with Crippen molar-refractivity contribution in [3.05, 3.63) is 95.1 Å². The Bertz CT molecular complexity index is 1130. The fourth-order valence-electron chi connectivity index (χ4n) is 6.50. The number of nitrogens with zero attached hydrogens (tertiary/aromatic N) is 1. The van der Waals surface area contributed by atoms with Crippen LogP contribution in [-0.4, -0.2) is 40.2 Å². The second-order valence-electron chi connectivity index (χ2n) is 10.9. The second kappa shape index (κ2) is 12.8. The summed E-state index contributed by atoms with van der Waals surface area (Å²) in [6, 6.07) is 27.3. The van der Waals surface area contributed by atoms with Crippen molar-refractivity contribution in [2.75, 3.05) is 38.8 Å². The minimum atomic E-state index is -0.0987. The van der Waals surface area contributed by atoms with Crippen molar-refractivity contribution in [1.29, 1.82) is 0 Å². The van der Waals surface area contributed by atoms with Gasteiger partial charge in [-0.3, -0.25) is 0 Å². The fraction of sp³-hybridized carbons (Fsp3) is 0.471. The number of hydrogen-bond acceptors (Lipinski definition) is 4. The Morgan fingerprint density at radius 3 is 2.26 bits per heavy atom. The maximum atomic E-state index is 6.06. The molecule has 4 nitrogen and oxygen atoms in total.